The predicted molar refractivity (Wildman–Crippen MR) is 121 cm³/mol. The van der Waals surface area contributed by atoms with Gasteiger partial charge in [0.1, 0.15) is 17.6 Å². The van der Waals surface area contributed by atoms with Gasteiger partial charge < -0.3 is 14.5 Å². The van der Waals surface area contributed by atoms with Crippen molar-refractivity contribution in [3.63, 3.8) is 0 Å². The number of hydrogen-bond acceptors (Lipinski definition) is 6. The van der Waals surface area contributed by atoms with Crippen molar-refractivity contribution in [2.75, 3.05) is 37.0 Å². The Morgan fingerprint density at radius 3 is 2.68 bits per heavy atom. The Bertz CT molecular complexity index is 930. The Labute approximate surface area is 183 Å². The van der Waals surface area contributed by atoms with E-state index in [0.717, 1.165) is 29.7 Å². The first kappa shape index (κ1) is 22.7. The van der Waals surface area contributed by atoms with Crippen molar-refractivity contribution in [3.05, 3.63) is 54.0 Å². The zero-order chi connectivity index (χ0) is 22.5. The first-order chi connectivity index (χ1) is 14.7. The molecule has 1 aromatic carbocycles. The number of ketones is 1. The topological polar surface area (TPSA) is 58.6 Å². The lowest BCUT2D eigenvalue weighted by atomic mass is 9.93. The van der Waals surface area contributed by atoms with Gasteiger partial charge in [-0.1, -0.05) is 24.6 Å². The fraction of sp³-hybridized carbons (Fsp3) is 0.458. The summed E-state index contributed by atoms with van der Waals surface area (Å²) in [5.74, 6) is 1.16. The summed E-state index contributed by atoms with van der Waals surface area (Å²) in [6, 6.07) is 7.68. The molecular formula is C24H31FN4O2. The molecule has 0 amide bonds. The van der Waals surface area contributed by atoms with Crippen LogP contribution in [0, 0.1) is 5.82 Å². The number of anilines is 2. The van der Waals surface area contributed by atoms with E-state index in [2.05, 4.69) is 16.5 Å². The summed E-state index contributed by atoms with van der Waals surface area (Å²) in [5, 5.41) is 0. The molecule has 0 saturated carbocycles. The van der Waals surface area contributed by atoms with E-state index < -0.39 is 5.82 Å². The van der Waals surface area contributed by atoms with E-state index in [1.165, 1.54) is 6.20 Å². The maximum Gasteiger partial charge on any atom is 0.226 e. The largest absolute Gasteiger partial charge is 0.489 e. The van der Waals surface area contributed by atoms with Crippen LogP contribution in [0.4, 0.5) is 16.2 Å². The summed E-state index contributed by atoms with van der Waals surface area (Å²) in [7, 11) is 3.65. The quantitative estimate of drug-likeness (QED) is 0.555. The van der Waals surface area contributed by atoms with E-state index >= 15 is 0 Å². The van der Waals surface area contributed by atoms with Gasteiger partial charge in [-0.05, 0) is 31.0 Å². The number of carbonyl (C=O) groups is 1. The summed E-state index contributed by atoms with van der Waals surface area (Å²) < 4.78 is 20.4. The molecule has 31 heavy (non-hydrogen) atoms. The van der Waals surface area contributed by atoms with Crippen LogP contribution in [-0.4, -0.2) is 49.0 Å². The van der Waals surface area contributed by atoms with Gasteiger partial charge >= 0.3 is 0 Å². The molecule has 1 fully saturated rings. The maximum atomic E-state index is 14.3. The van der Waals surface area contributed by atoms with Crippen LogP contribution in [0.2, 0.25) is 0 Å². The number of Topliss-reactive ketones (excluding diaryl/α,β-unsaturated/α-hetero) is 1. The van der Waals surface area contributed by atoms with Gasteiger partial charge in [0.2, 0.25) is 5.95 Å². The Balaban J connectivity index is 1.59. The first-order valence-corrected chi connectivity index (χ1v) is 10.6. The highest BCUT2D eigenvalue weighted by Crippen LogP contribution is 2.27. The van der Waals surface area contributed by atoms with Crippen molar-refractivity contribution in [1.29, 1.82) is 0 Å². The van der Waals surface area contributed by atoms with Crippen LogP contribution < -0.4 is 14.5 Å². The minimum absolute atomic E-state index is 0.0577. The Kier molecular flexibility index (Phi) is 7.25. The molecule has 0 N–H and O–H groups in total. The molecule has 0 aliphatic carbocycles. The van der Waals surface area contributed by atoms with Gasteiger partial charge in [-0.15, -0.1) is 6.58 Å². The zero-order valence-electron chi connectivity index (χ0n) is 18.8. The lowest BCUT2D eigenvalue weighted by molar-refractivity contribution is -0.120. The average Bonchev–Trinajstić information content (AvgIpc) is 3.20. The standard InChI is InChI=1S/C24H31FN4O2/c1-16(2)6-11-22(30)17(3)18-7-9-19(10-8-18)31-20-12-13-29(15-20)23-21(25)14-26-24(27-23)28(4)5/h7-10,14,17,20H,1,6,11-13,15H2,2-5H3/t17?,20-/m1/s1. The van der Waals surface area contributed by atoms with Crippen LogP contribution in [0.15, 0.2) is 42.6 Å². The van der Waals surface area contributed by atoms with E-state index in [4.69, 9.17) is 4.74 Å². The minimum atomic E-state index is -0.430. The van der Waals surface area contributed by atoms with E-state index in [1.54, 1.807) is 4.90 Å². The first-order valence-electron chi connectivity index (χ1n) is 10.6. The highest BCUT2D eigenvalue weighted by Gasteiger charge is 2.27. The van der Waals surface area contributed by atoms with Crippen molar-refractivity contribution in [1.82, 2.24) is 9.97 Å². The van der Waals surface area contributed by atoms with E-state index in [0.29, 0.717) is 31.3 Å². The monoisotopic (exact) mass is 426 g/mol. The molecule has 6 nitrogen and oxygen atoms in total. The lowest BCUT2D eigenvalue weighted by Crippen LogP contribution is -2.27. The van der Waals surface area contributed by atoms with Gasteiger partial charge in [-0.3, -0.25) is 4.79 Å². The molecule has 2 heterocycles. The molecule has 3 rings (SSSR count). The molecule has 2 atom stereocenters. The molecule has 1 unspecified atom stereocenters. The van der Waals surface area contributed by atoms with Crippen LogP contribution in [-0.2, 0) is 4.79 Å². The molecule has 7 heteroatoms. The predicted octanol–water partition coefficient (Wildman–Crippen LogP) is 4.37. The molecule has 0 spiro atoms. The average molecular weight is 427 g/mol. The lowest BCUT2D eigenvalue weighted by Gasteiger charge is -2.20. The number of ether oxygens (including phenoxy) is 1. The third kappa shape index (κ3) is 5.81. The third-order valence-electron chi connectivity index (χ3n) is 5.52. The van der Waals surface area contributed by atoms with Gasteiger partial charge in [0.25, 0.3) is 0 Å². The summed E-state index contributed by atoms with van der Waals surface area (Å²) in [5.41, 5.74) is 2.00. The van der Waals surface area contributed by atoms with Crippen LogP contribution in [0.5, 0.6) is 5.75 Å². The van der Waals surface area contributed by atoms with Crippen LogP contribution in [0.25, 0.3) is 0 Å². The number of halogens is 1. The van der Waals surface area contributed by atoms with Crippen LogP contribution >= 0.6 is 0 Å². The second-order valence-corrected chi connectivity index (χ2v) is 8.42. The summed E-state index contributed by atoms with van der Waals surface area (Å²) in [6.45, 7) is 8.95. The fourth-order valence-electron chi connectivity index (χ4n) is 3.57. The number of hydrogen-bond donors (Lipinski definition) is 0. The Hall–Kier alpha value is -2.96. The number of carbonyl (C=O) groups excluding carboxylic acids is 1. The Morgan fingerprint density at radius 1 is 1.32 bits per heavy atom. The van der Waals surface area contributed by atoms with Crippen molar-refractivity contribution < 1.29 is 13.9 Å². The van der Waals surface area contributed by atoms with Gasteiger partial charge in [0.15, 0.2) is 11.6 Å². The van der Waals surface area contributed by atoms with Crippen molar-refractivity contribution in [2.24, 2.45) is 0 Å². The molecule has 1 aliphatic rings. The number of aromatic nitrogens is 2. The van der Waals surface area contributed by atoms with Crippen LogP contribution in [0.1, 0.15) is 44.6 Å². The number of rotatable bonds is 9. The van der Waals surface area contributed by atoms with E-state index in [-0.39, 0.29) is 17.8 Å². The van der Waals surface area contributed by atoms with Crippen molar-refractivity contribution in [3.8, 4) is 5.75 Å². The van der Waals surface area contributed by atoms with Crippen molar-refractivity contribution >= 4 is 17.5 Å². The van der Waals surface area contributed by atoms with Gasteiger partial charge in [-0.2, -0.15) is 4.98 Å². The smallest absolute Gasteiger partial charge is 0.226 e. The van der Waals surface area contributed by atoms with E-state index in [9.17, 15) is 9.18 Å². The molecule has 166 valence electrons. The normalized spacial score (nSPS) is 16.8. The second kappa shape index (κ2) is 9.90. The molecule has 2 aromatic rings. The molecule has 1 aromatic heterocycles. The highest BCUT2D eigenvalue weighted by molar-refractivity contribution is 5.85. The van der Waals surface area contributed by atoms with Gasteiger partial charge in [-0.25, -0.2) is 9.37 Å². The second-order valence-electron chi connectivity index (χ2n) is 8.42. The van der Waals surface area contributed by atoms with Crippen molar-refractivity contribution in [2.45, 2.75) is 45.1 Å². The summed E-state index contributed by atoms with van der Waals surface area (Å²) in [4.78, 5) is 24.3. The number of allylic oxidation sites excluding steroid dienone is 1. The third-order valence-corrected chi connectivity index (χ3v) is 5.52. The molecular weight excluding hydrogens is 395 g/mol. The van der Waals surface area contributed by atoms with Gasteiger partial charge in [0.05, 0.1) is 12.7 Å². The summed E-state index contributed by atoms with van der Waals surface area (Å²) >= 11 is 0. The minimum Gasteiger partial charge on any atom is -0.489 e. The zero-order valence-corrected chi connectivity index (χ0v) is 18.8. The highest BCUT2D eigenvalue weighted by atomic mass is 19.1. The number of nitrogens with zero attached hydrogens (tertiary/aromatic N) is 4. The Morgan fingerprint density at radius 2 is 2.03 bits per heavy atom. The van der Waals surface area contributed by atoms with Gasteiger partial charge in [0, 0.05) is 39.4 Å². The molecule has 1 saturated heterocycles. The summed E-state index contributed by atoms with van der Waals surface area (Å²) in [6.07, 6.45) is 3.17. The molecule has 1 aliphatic heterocycles. The molecule has 0 bridgehead atoms. The fourth-order valence-corrected chi connectivity index (χ4v) is 3.57. The van der Waals surface area contributed by atoms with E-state index in [1.807, 2.05) is 57.1 Å². The molecule has 0 radical (unpaired) electrons. The number of benzene rings is 1. The maximum absolute atomic E-state index is 14.3. The van der Waals surface area contributed by atoms with Crippen LogP contribution in [0.3, 0.4) is 0 Å². The SMILES string of the molecule is C=C(C)CCC(=O)C(C)c1ccc(O[C@@H]2CCN(c3nc(N(C)C)ncc3F)C2)cc1.